The molecule has 0 saturated heterocycles. The molecule has 2 atom stereocenters. The number of carbonyl (C=O) groups is 1. The highest BCUT2D eigenvalue weighted by Gasteiger charge is 2.23. The standard InChI is InChI=1S/C17H30O2/c1-11(2)17(12(3)4)19-16(18)10-15-8-13(5)7-14(6)9-15/h10-14,17H,7-9H2,1-6H3. The van der Waals surface area contributed by atoms with Gasteiger partial charge in [-0.1, -0.05) is 47.1 Å². The zero-order valence-electron chi connectivity index (χ0n) is 13.4. The van der Waals surface area contributed by atoms with Gasteiger partial charge in [-0.15, -0.1) is 0 Å². The van der Waals surface area contributed by atoms with E-state index in [4.69, 9.17) is 4.74 Å². The smallest absolute Gasteiger partial charge is 0.330 e. The molecule has 1 aliphatic carbocycles. The average Bonchev–Trinajstić information content (AvgIpc) is 2.23. The molecule has 1 saturated carbocycles. The number of ether oxygens (including phenoxy) is 1. The second-order valence-electron chi connectivity index (χ2n) is 7.05. The van der Waals surface area contributed by atoms with Crippen LogP contribution < -0.4 is 0 Å². The Morgan fingerprint density at radius 1 is 1.11 bits per heavy atom. The van der Waals surface area contributed by atoms with Gasteiger partial charge in [0.2, 0.25) is 0 Å². The number of rotatable bonds is 4. The highest BCUT2D eigenvalue weighted by Crippen LogP contribution is 2.32. The van der Waals surface area contributed by atoms with E-state index >= 15 is 0 Å². The van der Waals surface area contributed by atoms with E-state index in [-0.39, 0.29) is 12.1 Å². The van der Waals surface area contributed by atoms with Crippen LogP contribution in [0.5, 0.6) is 0 Å². The Bertz CT molecular complexity index is 308. The fourth-order valence-corrected chi connectivity index (χ4v) is 3.33. The molecular formula is C17H30O2. The molecule has 1 rings (SSSR count). The SMILES string of the molecule is CC1CC(=CC(=O)OC(C(C)C)C(C)C)CC(C)C1. The van der Waals surface area contributed by atoms with Crippen molar-refractivity contribution in [1.29, 1.82) is 0 Å². The summed E-state index contributed by atoms with van der Waals surface area (Å²) in [7, 11) is 0. The lowest BCUT2D eigenvalue weighted by molar-refractivity contribution is -0.147. The van der Waals surface area contributed by atoms with Crippen LogP contribution in [0.25, 0.3) is 0 Å². The van der Waals surface area contributed by atoms with E-state index in [1.54, 1.807) is 6.08 Å². The summed E-state index contributed by atoms with van der Waals surface area (Å²) in [6, 6.07) is 0. The zero-order valence-corrected chi connectivity index (χ0v) is 13.4. The summed E-state index contributed by atoms with van der Waals surface area (Å²) in [4.78, 5) is 12.0. The molecule has 0 heterocycles. The van der Waals surface area contributed by atoms with Crippen LogP contribution in [-0.4, -0.2) is 12.1 Å². The van der Waals surface area contributed by atoms with Gasteiger partial charge < -0.3 is 4.74 Å². The second-order valence-corrected chi connectivity index (χ2v) is 7.05. The average molecular weight is 266 g/mol. The van der Waals surface area contributed by atoms with Crippen LogP contribution >= 0.6 is 0 Å². The van der Waals surface area contributed by atoms with Crippen molar-refractivity contribution in [3.8, 4) is 0 Å². The van der Waals surface area contributed by atoms with Gasteiger partial charge in [0.1, 0.15) is 6.10 Å². The van der Waals surface area contributed by atoms with Crippen LogP contribution in [0.15, 0.2) is 11.6 Å². The van der Waals surface area contributed by atoms with E-state index in [1.807, 2.05) is 0 Å². The fraction of sp³-hybridized carbons (Fsp3) is 0.824. The summed E-state index contributed by atoms with van der Waals surface area (Å²) in [6.07, 6.45) is 5.14. The Morgan fingerprint density at radius 2 is 1.58 bits per heavy atom. The molecule has 110 valence electrons. The molecular weight excluding hydrogens is 236 g/mol. The van der Waals surface area contributed by atoms with E-state index < -0.39 is 0 Å². The maximum Gasteiger partial charge on any atom is 0.330 e. The van der Waals surface area contributed by atoms with Crippen LogP contribution in [-0.2, 0) is 9.53 Å². The quantitative estimate of drug-likeness (QED) is 0.549. The van der Waals surface area contributed by atoms with E-state index in [0.29, 0.717) is 23.7 Å². The third-order valence-electron chi connectivity index (χ3n) is 3.91. The van der Waals surface area contributed by atoms with Crippen molar-refractivity contribution in [1.82, 2.24) is 0 Å². The molecule has 0 aromatic rings. The molecule has 2 heteroatoms. The Morgan fingerprint density at radius 3 is 2.00 bits per heavy atom. The van der Waals surface area contributed by atoms with Crippen molar-refractivity contribution in [2.45, 2.75) is 66.9 Å². The number of esters is 1. The van der Waals surface area contributed by atoms with E-state index in [1.165, 1.54) is 12.0 Å². The lowest BCUT2D eigenvalue weighted by atomic mass is 9.80. The molecule has 0 aliphatic heterocycles. The van der Waals surface area contributed by atoms with Gasteiger partial charge in [0.05, 0.1) is 0 Å². The van der Waals surface area contributed by atoms with Gasteiger partial charge in [-0.3, -0.25) is 0 Å². The third-order valence-corrected chi connectivity index (χ3v) is 3.91. The van der Waals surface area contributed by atoms with Crippen molar-refractivity contribution in [2.75, 3.05) is 0 Å². The minimum atomic E-state index is -0.149. The van der Waals surface area contributed by atoms with Gasteiger partial charge in [-0.2, -0.15) is 0 Å². The summed E-state index contributed by atoms with van der Waals surface area (Å²) < 4.78 is 5.63. The van der Waals surface area contributed by atoms with Crippen LogP contribution in [0, 0.1) is 23.7 Å². The van der Waals surface area contributed by atoms with Gasteiger partial charge >= 0.3 is 5.97 Å². The number of hydrogen-bond donors (Lipinski definition) is 0. The highest BCUT2D eigenvalue weighted by atomic mass is 16.5. The molecule has 0 aromatic carbocycles. The summed E-state index contributed by atoms with van der Waals surface area (Å²) in [6.45, 7) is 13.0. The van der Waals surface area contributed by atoms with Crippen LogP contribution in [0.3, 0.4) is 0 Å². The number of carbonyl (C=O) groups excluding carboxylic acids is 1. The normalized spacial score (nSPS) is 24.2. The molecule has 2 unspecified atom stereocenters. The van der Waals surface area contributed by atoms with Crippen LogP contribution in [0.1, 0.15) is 60.8 Å². The summed E-state index contributed by atoms with van der Waals surface area (Å²) in [5, 5.41) is 0. The Kier molecular flexibility index (Phi) is 6.09. The first-order valence-electron chi connectivity index (χ1n) is 7.69. The summed E-state index contributed by atoms with van der Waals surface area (Å²) >= 11 is 0. The molecule has 0 radical (unpaired) electrons. The van der Waals surface area contributed by atoms with Gasteiger partial charge in [-0.25, -0.2) is 4.79 Å². The van der Waals surface area contributed by atoms with E-state index in [0.717, 1.165) is 12.8 Å². The highest BCUT2D eigenvalue weighted by molar-refractivity contribution is 5.83. The first-order chi connectivity index (χ1) is 8.79. The maximum atomic E-state index is 12.0. The lowest BCUT2D eigenvalue weighted by Gasteiger charge is -2.27. The van der Waals surface area contributed by atoms with E-state index in [9.17, 15) is 4.79 Å². The van der Waals surface area contributed by atoms with Gasteiger partial charge in [0.15, 0.2) is 0 Å². The molecule has 0 bridgehead atoms. The largest absolute Gasteiger partial charge is 0.459 e. The van der Waals surface area contributed by atoms with Crippen molar-refractivity contribution in [3.63, 3.8) is 0 Å². The molecule has 2 nitrogen and oxygen atoms in total. The van der Waals surface area contributed by atoms with Crippen molar-refractivity contribution < 1.29 is 9.53 Å². The van der Waals surface area contributed by atoms with Crippen molar-refractivity contribution in [3.05, 3.63) is 11.6 Å². The van der Waals surface area contributed by atoms with Crippen molar-refractivity contribution in [2.24, 2.45) is 23.7 Å². The Balaban J connectivity index is 2.62. The summed E-state index contributed by atoms with van der Waals surface area (Å²) in [5.41, 5.74) is 1.27. The first-order valence-corrected chi connectivity index (χ1v) is 7.69. The molecule has 0 aromatic heterocycles. The third kappa shape index (κ3) is 5.38. The predicted octanol–water partition coefficient (Wildman–Crippen LogP) is 4.59. The molecule has 1 aliphatic rings. The van der Waals surface area contributed by atoms with E-state index in [2.05, 4.69) is 41.5 Å². The van der Waals surface area contributed by atoms with Crippen molar-refractivity contribution >= 4 is 5.97 Å². The molecule has 1 fully saturated rings. The molecule has 0 spiro atoms. The lowest BCUT2D eigenvalue weighted by Crippen LogP contribution is -2.28. The zero-order chi connectivity index (χ0) is 14.6. The van der Waals surface area contributed by atoms with Crippen LogP contribution in [0.4, 0.5) is 0 Å². The fourth-order valence-electron chi connectivity index (χ4n) is 3.33. The second kappa shape index (κ2) is 7.12. The molecule has 0 N–H and O–H groups in total. The molecule has 0 amide bonds. The molecule has 19 heavy (non-hydrogen) atoms. The minimum Gasteiger partial charge on any atom is -0.459 e. The number of allylic oxidation sites excluding steroid dienone is 1. The van der Waals surface area contributed by atoms with Crippen LogP contribution in [0.2, 0.25) is 0 Å². The first kappa shape index (κ1) is 16.3. The monoisotopic (exact) mass is 266 g/mol. The number of hydrogen-bond acceptors (Lipinski definition) is 2. The minimum absolute atomic E-state index is 0.0165. The predicted molar refractivity (Wildman–Crippen MR) is 79.8 cm³/mol. The Labute approximate surface area is 118 Å². The summed E-state index contributed by atoms with van der Waals surface area (Å²) in [5.74, 6) is 1.96. The maximum absolute atomic E-state index is 12.0. The van der Waals surface area contributed by atoms with Gasteiger partial charge in [-0.05, 0) is 42.9 Å². The van der Waals surface area contributed by atoms with Gasteiger partial charge in [0, 0.05) is 6.08 Å². The topological polar surface area (TPSA) is 26.3 Å². The van der Waals surface area contributed by atoms with Gasteiger partial charge in [0.25, 0.3) is 0 Å². The Hall–Kier alpha value is -0.790.